The summed E-state index contributed by atoms with van der Waals surface area (Å²) in [6.07, 6.45) is 0. The fraction of sp³-hybridized carbons (Fsp3) is 0.111. The van der Waals surface area contributed by atoms with Gasteiger partial charge in [-0.15, -0.1) is 11.3 Å². The van der Waals surface area contributed by atoms with Crippen LogP contribution in [0.15, 0.2) is 17.5 Å². The van der Waals surface area contributed by atoms with Gasteiger partial charge in [0.15, 0.2) is 0 Å². The number of nitrogens with zero attached hydrogens (tertiary/aromatic N) is 1. The number of pyridine rings is 1. The molecule has 0 saturated heterocycles. The van der Waals surface area contributed by atoms with Crippen molar-refractivity contribution in [3.05, 3.63) is 23.1 Å². The molecule has 0 fully saturated rings. The molecule has 0 unspecified atom stereocenters. The van der Waals surface area contributed by atoms with Crippen LogP contribution in [0.1, 0.15) is 10.4 Å². The molecule has 2 aromatic heterocycles. The quantitative estimate of drug-likeness (QED) is 0.686. The second-order valence-electron chi connectivity index (χ2n) is 3.44. The number of halogens is 3. The summed E-state index contributed by atoms with van der Waals surface area (Å²) in [6, 6.07) is 2.48. The topological polar surface area (TPSA) is 93.6 Å². The van der Waals surface area contributed by atoms with E-state index >= 15 is 0 Å². The Hall–Kier alpha value is -1.88. The number of aromatic nitrogens is 1. The average molecular weight is 327 g/mol. The zero-order valence-corrected chi connectivity index (χ0v) is 10.8. The number of hydrogen-bond acceptors (Lipinski definition) is 6. The molecule has 20 heavy (non-hydrogen) atoms. The highest BCUT2D eigenvalue weighted by molar-refractivity contribution is 7.88. The monoisotopic (exact) mass is 327 g/mol. The lowest BCUT2D eigenvalue weighted by Gasteiger charge is -2.10. The maximum absolute atomic E-state index is 12.2. The molecule has 11 heteroatoms. The highest BCUT2D eigenvalue weighted by atomic mass is 32.2. The Balaban J connectivity index is 2.58. The second-order valence-corrected chi connectivity index (χ2v) is 5.88. The first-order valence-corrected chi connectivity index (χ1v) is 7.03. The lowest BCUT2D eigenvalue weighted by molar-refractivity contribution is -0.0501. The summed E-state index contributed by atoms with van der Waals surface area (Å²) in [5, 5.41) is 10.7. The summed E-state index contributed by atoms with van der Waals surface area (Å²) in [6.45, 7) is 0. The molecule has 0 radical (unpaired) electrons. The molecule has 2 aromatic rings. The van der Waals surface area contributed by atoms with Gasteiger partial charge in [-0.2, -0.15) is 21.6 Å². The molecule has 108 valence electrons. The standard InChI is InChI=1S/C9H4F3NO5S2/c10-9(11,12)20(16,17)18-6-5(8(14)15)3-4-1-2-19-7(4)13-6/h1-3H,(H,14,15). The van der Waals surface area contributed by atoms with E-state index in [2.05, 4.69) is 9.17 Å². The predicted molar refractivity (Wildman–Crippen MR) is 62.2 cm³/mol. The predicted octanol–water partition coefficient (Wildman–Crippen LogP) is 2.22. The van der Waals surface area contributed by atoms with E-state index in [9.17, 15) is 26.4 Å². The smallest absolute Gasteiger partial charge is 0.477 e. The molecule has 0 atom stereocenters. The minimum atomic E-state index is -5.98. The van der Waals surface area contributed by atoms with Crippen LogP contribution in [0.3, 0.4) is 0 Å². The summed E-state index contributed by atoms with van der Waals surface area (Å²) < 4.78 is 62.2. The Kier molecular flexibility index (Phi) is 3.34. The van der Waals surface area contributed by atoms with Crippen LogP contribution < -0.4 is 4.18 Å². The van der Waals surface area contributed by atoms with Crippen molar-refractivity contribution in [1.82, 2.24) is 4.98 Å². The van der Waals surface area contributed by atoms with Crippen molar-refractivity contribution in [1.29, 1.82) is 0 Å². The summed E-state index contributed by atoms with van der Waals surface area (Å²) >= 11 is 0.995. The Morgan fingerprint density at radius 3 is 2.60 bits per heavy atom. The highest BCUT2D eigenvalue weighted by Gasteiger charge is 2.49. The normalized spacial score (nSPS) is 12.6. The van der Waals surface area contributed by atoms with Gasteiger partial charge in [0.1, 0.15) is 10.4 Å². The fourth-order valence-corrected chi connectivity index (χ4v) is 2.42. The van der Waals surface area contributed by atoms with Crippen molar-refractivity contribution in [2.75, 3.05) is 0 Å². The third kappa shape index (κ3) is 2.54. The molecule has 2 rings (SSSR count). The van der Waals surface area contributed by atoms with E-state index in [1.54, 1.807) is 0 Å². The van der Waals surface area contributed by atoms with Gasteiger partial charge in [-0.05, 0) is 17.5 Å². The number of hydrogen-bond donors (Lipinski definition) is 1. The molecule has 0 aliphatic rings. The third-order valence-electron chi connectivity index (χ3n) is 2.11. The summed E-state index contributed by atoms with van der Waals surface area (Å²) in [5.41, 5.74) is -6.45. The number of fused-ring (bicyclic) bond motifs is 1. The third-order valence-corrected chi connectivity index (χ3v) is 3.88. The molecule has 2 heterocycles. The van der Waals surface area contributed by atoms with Crippen LogP contribution in [0.5, 0.6) is 5.88 Å². The number of carboxylic acid groups (broad SMARTS) is 1. The van der Waals surface area contributed by atoms with Gasteiger partial charge >= 0.3 is 21.6 Å². The largest absolute Gasteiger partial charge is 0.534 e. The van der Waals surface area contributed by atoms with Gasteiger partial charge in [0.2, 0.25) is 5.88 Å². The number of thiophene rings is 1. The van der Waals surface area contributed by atoms with Crippen LogP contribution in [-0.2, 0) is 10.1 Å². The van der Waals surface area contributed by atoms with Crippen LogP contribution in [0.4, 0.5) is 13.2 Å². The minimum Gasteiger partial charge on any atom is -0.477 e. The molecule has 0 bridgehead atoms. The molecule has 6 nitrogen and oxygen atoms in total. The first-order chi connectivity index (χ1) is 9.12. The molecular weight excluding hydrogens is 323 g/mol. The van der Waals surface area contributed by atoms with Crippen LogP contribution in [0.2, 0.25) is 0 Å². The van der Waals surface area contributed by atoms with Crippen molar-refractivity contribution in [3.63, 3.8) is 0 Å². The van der Waals surface area contributed by atoms with Gasteiger partial charge in [0.05, 0.1) is 0 Å². The molecule has 0 aliphatic carbocycles. The van der Waals surface area contributed by atoms with Crippen LogP contribution >= 0.6 is 11.3 Å². The van der Waals surface area contributed by atoms with Gasteiger partial charge in [0.25, 0.3) is 0 Å². The molecule has 1 N–H and O–H groups in total. The van der Waals surface area contributed by atoms with Gasteiger partial charge < -0.3 is 9.29 Å². The molecule has 0 saturated carbocycles. The number of aromatic carboxylic acids is 1. The van der Waals surface area contributed by atoms with Gasteiger partial charge in [-0.1, -0.05) is 0 Å². The molecule has 0 aromatic carbocycles. The molecular formula is C9H4F3NO5S2. The number of carboxylic acids is 1. The van der Waals surface area contributed by atoms with Crippen molar-refractivity contribution in [2.24, 2.45) is 0 Å². The van der Waals surface area contributed by atoms with Crippen molar-refractivity contribution in [3.8, 4) is 5.88 Å². The number of rotatable bonds is 3. The molecule has 0 spiro atoms. The van der Waals surface area contributed by atoms with Gasteiger partial charge in [-0.3, -0.25) is 0 Å². The van der Waals surface area contributed by atoms with E-state index in [-0.39, 0.29) is 4.83 Å². The minimum absolute atomic E-state index is 0.155. The summed E-state index contributed by atoms with van der Waals surface area (Å²) in [5.74, 6) is -2.78. The molecule has 0 amide bonds. The number of alkyl halides is 3. The Bertz CT molecular complexity index is 780. The zero-order chi connectivity index (χ0) is 15.1. The Morgan fingerprint density at radius 2 is 2.05 bits per heavy atom. The van der Waals surface area contributed by atoms with Crippen LogP contribution in [0, 0.1) is 0 Å². The first-order valence-electron chi connectivity index (χ1n) is 4.74. The molecule has 0 aliphatic heterocycles. The van der Waals surface area contributed by atoms with E-state index in [0.717, 1.165) is 17.4 Å². The Labute approximate surface area is 113 Å². The van der Waals surface area contributed by atoms with E-state index in [1.807, 2.05) is 0 Å². The maximum atomic E-state index is 12.2. The van der Waals surface area contributed by atoms with Gasteiger partial charge in [0, 0.05) is 5.39 Å². The fourth-order valence-electron chi connectivity index (χ4n) is 1.25. The van der Waals surface area contributed by atoms with Crippen molar-refractivity contribution < 1.29 is 35.7 Å². The van der Waals surface area contributed by atoms with E-state index in [1.165, 1.54) is 11.4 Å². The van der Waals surface area contributed by atoms with E-state index in [0.29, 0.717) is 5.39 Å². The van der Waals surface area contributed by atoms with E-state index < -0.39 is 33.0 Å². The summed E-state index contributed by atoms with van der Waals surface area (Å²) in [4.78, 5) is 14.6. The second kappa shape index (κ2) is 4.59. The summed E-state index contributed by atoms with van der Waals surface area (Å²) in [7, 11) is -5.98. The van der Waals surface area contributed by atoms with Crippen LogP contribution in [-0.4, -0.2) is 30.0 Å². The zero-order valence-electron chi connectivity index (χ0n) is 9.21. The van der Waals surface area contributed by atoms with Gasteiger partial charge in [-0.25, -0.2) is 9.78 Å². The van der Waals surface area contributed by atoms with Crippen molar-refractivity contribution in [2.45, 2.75) is 5.51 Å². The lowest BCUT2D eigenvalue weighted by atomic mass is 10.2. The Morgan fingerprint density at radius 1 is 1.40 bits per heavy atom. The average Bonchev–Trinajstić information content (AvgIpc) is 2.72. The van der Waals surface area contributed by atoms with Crippen LogP contribution in [0.25, 0.3) is 10.2 Å². The number of carbonyl (C=O) groups is 1. The lowest BCUT2D eigenvalue weighted by Crippen LogP contribution is -2.29. The SMILES string of the molecule is O=C(O)c1cc2ccsc2nc1OS(=O)(=O)C(F)(F)F. The highest BCUT2D eigenvalue weighted by Crippen LogP contribution is 2.31. The van der Waals surface area contributed by atoms with Crippen molar-refractivity contribution >= 4 is 37.6 Å². The maximum Gasteiger partial charge on any atom is 0.534 e. The van der Waals surface area contributed by atoms with E-state index in [4.69, 9.17) is 5.11 Å². The first kappa shape index (κ1) is 14.5.